The van der Waals surface area contributed by atoms with Crippen LogP contribution in [0.2, 0.25) is 0 Å². The molecule has 37 heavy (non-hydrogen) atoms. The standard InChI is InChI=1S/C32H38N2O2S/c1-21(2)22-10-13-26-24(18-22)12-15-30-31(3,16-7-17-32(26,30)4)20-33-27-14-11-23(19-28(27)34(35)36)25-8-5-6-9-29(25)37/h5-6,8,10-11,13-14,18-19,21,30,33H,7,9,12,15-17,20H2,1-4H3/t30-,31+,32+/m0/s1. The first kappa shape index (κ1) is 25.8. The van der Waals surface area contributed by atoms with E-state index in [0.717, 1.165) is 35.4 Å². The average molecular weight is 515 g/mol. The summed E-state index contributed by atoms with van der Waals surface area (Å²) in [5, 5.41) is 15.6. The van der Waals surface area contributed by atoms with Crippen LogP contribution in [0.3, 0.4) is 0 Å². The van der Waals surface area contributed by atoms with E-state index in [1.807, 2.05) is 30.4 Å². The van der Waals surface area contributed by atoms with Crippen LogP contribution in [0, 0.1) is 21.4 Å². The minimum atomic E-state index is -0.273. The molecule has 3 aliphatic carbocycles. The van der Waals surface area contributed by atoms with Gasteiger partial charge in [-0.2, -0.15) is 0 Å². The molecule has 0 spiro atoms. The van der Waals surface area contributed by atoms with E-state index >= 15 is 0 Å². The lowest BCUT2D eigenvalue weighted by molar-refractivity contribution is -0.384. The molecule has 2 aromatic rings. The second-order valence-corrected chi connectivity index (χ2v) is 12.6. The van der Waals surface area contributed by atoms with E-state index in [9.17, 15) is 10.1 Å². The number of nitro groups is 1. The highest BCUT2D eigenvalue weighted by molar-refractivity contribution is 7.81. The SMILES string of the molecule is CC(C)c1ccc2c(c1)CC[C@H]1[C@@](C)(CNc3ccc(C4=CC=CCC4=S)cc3[N+](=O)[O-])CCC[C@]21C. The number of nitrogens with zero attached hydrogens (tertiary/aromatic N) is 1. The van der Waals surface area contributed by atoms with Gasteiger partial charge in [0.15, 0.2) is 0 Å². The lowest BCUT2D eigenvalue weighted by Gasteiger charge is -2.55. The number of benzene rings is 2. The summed E-state index contributed by atoms with van der Waals surface area (Å²) < 4.78 is 0. The zero-order valence-corrected chi connectivity index (χ0v) is 23.3. The summed E-state index contributed by atoms with van der Waals surface area (Å²) in [7, 11) is 0. The van der Waals surface area contributed by atoms with Crippen molar-refractivity contribution in [3.8, 4) is 0 Å². The Hall–Kier alpha value is -2.79. The molecule has 0 saturated heterocycles. The number of hydrogen-bond donors (Lipinski definition) is 1. The number of rotatable bonds is 6. The molecule has 3 aliphatic rings. The van der Waals surface area contributed by atoms with Crippen molar-refractivity contribution < 1.29 is 4.92 Å². The van der Waals surface area contributed by atoms with Crippen molar-refractivity contribution in [2.45, 2.75) is 77.6 Å². The largest absolute Gasteiger partial charge is 0.379 e. The molecular formula is C32H38N2O2S. The van der Waals surface area contributed by atoms with Gasteiger partial charge in [-0.3, -0.25) is 10.1 Å². The Labute approximate surface area is 226 Å². The molecule has 3 atom stereocenters. The fourth-order valence-corrected chi connectivity index (χ4v) is 7.59. The van der Waals surface area contributed by atoms with Gasteiger partial charge in [-0.15, -0.1) is 0 Å². The summed E-state index contributed by atoms with van der Waals surface area (Å²) in [5.74, 6) is 1.08. The number of allylic oxidation sites excluding steroid dienone is 4. The maximum atomic E-state index is 12.1. The first-order valence-corrected chi connectivity index (χ1v) is 14.1. The number of thiocarbonyl (C=S) groups is 1. The molecule has 0 aliphatic heterocycles. The Morgan fingerprint density at radius 3 is 2.70 bits per heavy atom. The highest BCUT2D eigenvalue weighted by Crippen LogP contribution is 2.57. The van der Waals surface area contributed by atoms with Crippen molar-refractivity contribution in [1.29, 1.82) is 0 Å². The average Bonchev–Trinajstić information content (AvgIpc) is 2.87. The molecule has 0 amide bonds. The number of nitrogens with one attached hydrogen (secondary N) is 1. The second-order valence-electron chi connectivity index (χ2n) is 12.1. The van der Waals surface area contributed by atoms with Crippen molar-refractivity contribution in [2.24, 2.45) is 11.3 Å². The second kappa shape index (κ2) is 9.83. The zero-order chi connectivity index (χ0) is 26.4. The van der Waals surface area contributed by atoms with Crippen LogP contribution in [0.15, 0.2) is 54.6 Å². The third-order valence-corrected chi connectivity index (χ3v) is 9.75. The Kier molecular flexibility index (Phi) is 6.86. The van der Waals surface area contributed by atoms with Crippen molar-refractivity contribution in [3.05, 3.63) is 87.0 Å². The molecule has 0 heterocycles. The summed E-state index contributed by atoms with van der Waals surface area (Å²) in [6.07, 6.45) is 12.4. The fraction of sp³-hybridized carbons (Fsp3) is 0.469. The number of fused-ring (bicyclic) bond motifs is 3. The molecule has 0 radical (unpaired) electrons. The summed E-state index contributed by atoms with van der Waals surface area (Å²) in [6.45, 7) is 10.1. The van der Waals surface area contributed by atoms with Crippen LogP contribution in [0.5, 0.6) is 0 Å². The van der Waals surface area contributed by atoms with E-state index in [2.05, 4.69) is 51.2 Å². The lowest BCUT2D eigenvalue weighted by Crippen LogP contribution is -2.51. The molecule has 2 aromatic carbocycles. The molecular weight excluding hydrogens is 476 g/mol. The van der Waals surface area contributed by atoms with Gasteiger partial charge in [0, 0.05) is 23.9 Å². The van der Waals surface area contributed by atoms with Crippen molar-refractivity contribution in [3.63, 3.8) is 0 Å². The zero-order valence-electron chi connectivity index (χ0n) is 22.5. The molecule has 194 valence electrons. The third kappa shape index (κ3) is 4.67. The van der Waals surface area contributed by atoms with E-state index in [1.165, 1.54) is 36.0 Å². The van der Waals surface area contributed by atoms with Gasteiger partial charge in [-0.05, 0) is 82.2 Å². The maximum Gasteiger partial charge on any atom is 0.292 e. The van der Waals surface area contributed by atoms with Crippen LogP contribution in [-0.2, 0) is 11.8 Å². The van der Waals surface area contributed by atoms with E-state index in [0.29, 0.717) is 23.9 Å². The highest BCUT2D eigenvalue weighted by Gasteiger charge is 2.51. The molecule has 5 rings (SSSR count). The van der Waals surface area contributed by atoms with Crippen LogP contribution >= 0.6 is 12.2 Å². The van der Waals surface area contributed by atoms with Crippen molar-refractivity contribution in [1.82, 2.24) is 0 Å². The normalized spacial score (nSPS) is 26.9. The fourth-order valence-electron chi connectivity index (χ4n) is 7.31. The molecule has 1 saturated carbocycles. The number of aryl methyl sites for hydroxylation is 1. The summed E-state index contributed by atoms with van der Waals surface area (Å²) >= 11 is 5.51. The minimum Gasteiger partial charge on any atom is -0.379 e. The lowest BCUT2D eigenvalue weighted by atomic mass is 9.49. The van der Waals surface area contributed by atoms with E-state index in [1.54, 1.807) is 6.07 Å². The Bertz CT molecular complexity index is 1310. The Morgan fingerprint density at radius 2 is 1.97 bits per heavy atom. The van der Waals surface area contributed by atoms with Crippen LogP contribution in [0.1, 0.15) is 88.0 Å². The first-order valence-electron chi connectivity index (χ1n) is 13.7. The van der Waals surface area contributed by atoms with Gasteiger partial charge < -0.3 is 5.32 Å². The summed E-state index contributed by atoms with van der Waals surface area (Å²) in [4.78, 5) is 12.6. The van der Waals surface area contributed by atoms with Crippen molar-refractivity contribution >= 4 is 34.0 Å². The van der Waals surface area contributed by atoms with Gasteiger partial charge >= 0.3 is 0 Å². The van der Waals surface area contributed by atoms with Crippen LogP contribution in [-0.4, -0.2) is 16.3 Å². The third-order valence-electron chi connectivity index (χ3n) is 9.36. The molecule has 1 fully saturated rings. The summed E-state index contributed by atoms with van der Waals surface area (Å²) in [5.41, 5.74) is 7.12. The molecule has 0 bridgehead atoms. The van der Waals surface area contributed by atoms with E-state index in [-0.39, 0.29) is 21.4 Å². The summed E-state index contributed by atoms with van der Waals surface area (Å²) in [6, 6.07) is 12.7. The maximum absolute atomic E-state index is 12.1. The van der Waals surface area contributed by atoms with Crippen LogP contribution in [0.4, 0.5) is 11.4 Å². The smallest absolute Gasteiger partial charge is 0.292 e. The van der Waals surface area contributed by atoms with Gasteiger partial charge in [0.05, 0.1) is 4.92 Å². The van der Waals surface area contributed by atoms with Crippen LogP contribution < -0.4 is 5.32 Å². The van der Waals surface area contributed by atoms with Crippen LogP contribution in [0.25, 0.3) is 5.57 Å². The topological polar surface area (TPSA) is 55.2 Å². The molecule has 4 nitrogen and oxygen atoms in total. The van der Waals surface area contributed by atoms with Gasteiger partial charge in [-0.1, -0.05) is 88.8 Å². The first-order chi connectivity index (χ1) is 17.6. The van der Waals surface area contributed by atoms with Gasteiger partial charge in [0.2, 0.25) is 0 Å². The molecule has 0 aromatic heterocycles. The number of nitro benzene ring substituents is 1. The Balaban J connectivity index is 1.40. The van der Waals surface area contributed by atoms with Gasteiger partial charge in [0.25, 0.3) is 5.69 Å². The predicted octanol–water partition coefficient (Wildman–Crippen LogP) is 8.55. The molecule has 1 N–H and O–H groups in total. The Morgan fingerprint density at radius 1 is 1.16 bits per heavy atom. The highest BCUT2D eigenvalue weighted by atomic mass is 32.1. The van der Waals surface area contributed by atoms with Gasteiger partial charge in [0.1, 0.15) is 5.69 Å². The number of anilines is 1. The molecule has 0 unspecified atom stereocenters. The minimum absolute atomic E-state index is 0.0617. The van der Waals surface area contributed by atoms with Gasteiger partial charge in [-0.25, -0.2) is 0 Å². The number of hydrogen-bond acceptors (Lipinski definition) is 4. The van der Waals surface area contributed by atoms with E-state index < -0.39 is 0 Å². The van der Waals surface area contributed by atoms with E-state index in [4.69, 9.17) is 12.2 Å². The molecule has 5 heteroatoms. The van der Waals surface area contributed by atoms with Crippen molar-refractivity contribution in [2.75, 3.05) is 11.9 Å². The quantitative estimate of drug-likeness (QED) is 0.238. The monoisotopic (exact) mass is 514 g/mol. The predicted molar refractivity (Wildman–Crippen MR) is 158 cm³/mol.